The Hall–Kier alpha value is -2.21. The molecule has 0 N–H and O–H groups in total. The van der Waals surface area contributed by atoms with E-state index in [0.29, 0.717) is 24.7 Å². The third-order valence-electron chi connectivity index (χ3n) is 3.23. The lowest BCUT2D eigenvalue weighted by Crippen LogP contribution is -2.10. The number of benzene rings is 2. The van der Waals surface area contributed by atoms with Crippen molar-refractivity contribution >= 4 is 10.1 Å². The highest BCUT2D eigenvalue weighted by atomic mass is 32.2. The normalized spacial score (nSPS) is 14.2. The van der Waals surface area contributed by atoms with Gasteiger partial charge in [0.05, 0.1) is 13.2 Å². The maximum absolute atomic E-state index is 12.3. The molecule has 0 amide bonds. The van der Waals surface area contributed by atoms with Crippen molar-refractivity contribution in [2.75, 3.05) is 13.2 Å². The number of fused-ring (bicyclic) bond motifs is 1. The number of rotatable bonds is 3. The molecule has 0 aliphatic carbocycles. The lowest BCUT2D eigenvalue weighted by atomic mass is 10.2. The predicted molar refractivity (Wildman–Crippen MR) is 81.0 cm³/mol. The second-order valence-electron chi connectivity index (χ2n) is 5.01. The van der Waals surface area contributed by atoms with Crippen LogP contribution < -0.4 is 13.7 Å². The van der Waals surface area contributed by atoms with Crippen molar-refractivity contribution in [3.63, 3.8) is 0 Å². The largest absolute Gasteiger partial charge is 0.490 e. The van der Waals surface area contributed by atoms with Crippen molar-refractivity contribution in [1.29, 1.82) is 0 Å². The van der Waals surface area contributed by atoms with Gasteiger partial charge < -0.3 is 13.7 Å². The Bertz CT molecular complexity index is 766. The summed E-state index contributed by atoms with van der Waals surface area (Å²) in [5.41, 5.74) is 1.03. The number of ether oxygens (including phenoxy) is 2. The molecule has 3 rings (SSSR count). The van der Waals surface area contributed by atoms with E-state index in [1.807, 2.05) is 6.92 Å². The molecule has 0 bridgehead atoms. The number of aryl methyl sites for hydroxylation is 1. The van der Waals surface area contributed by atoms with Crippen LogP contribution in [-0.2, 0) is 10.1 Å². The Morgan fingerprint density at radius 2 is 1.64 bits per heavy atom. The number of hydrogen-bond acceptors (Lipinski definition) is 5. The molecule has 1 aliphatic rings. The van der Waals surface area contributed by atoms with E-state index in [9.17, 15) is 8.42 Å². The molecule has 0 unspecified atom stereocenters. The van der Waals surface area contributed by atoms with Crippen molar-refractivity contribution in [1.82, 2.24) is 0 Å². The molecule has 22 heavy (non-hydrogen) atoms. The van der Waals surface area contributed by atoms with Gasteiger partial charge >= 0.3 is 10.1 Å². The lowest BCUT2D eigenvalue weighted by molar-refractivity contribution is 0.296. The fourth-order valence-corrected chi connectivity index (χ4v) is 3.01. The van der Waals surface area contributed by atoms with E-state index >= 15 is 0 Å². The van der Waals surface area contributed by atoms with Crippen LogP contribution in [0.25, 0.3) is 0 Å². The van der Waals surface area contributed by atoms with Crippen molar-refractivity contribution in [2.24, 2.45) is 0 Å². The zero-order valence-electron chi connectivity index (χ0n) is 12.1. The van der Waals surface area contributed by atoms with Crippen LogP contribution in [-0.4, -0.2) is 21.6 Å². The van der Waals surface area contributed by atoms with Gasteiger partial charge in [-0.1, -0.05) is 17.7 Å². The average molecular weight is 320 g/mol. The molecule has 6 heteroatoms. The second kappa shape index (κ2) is 5.88. The highest BCUT2D eigenvalue weighted by Crippen LogP contribution is 2.32. The minimum Gasteiger partial charge on any atom is -0.490 e. The standard InChI is InChI=1S/C16H16O5S/c1-12-3-5-13(6-4-12)21-22(17,18)14-7-8-15-16(11-14)20-10-2-9-19-15/h3-8,11H,2,9-10H2,1H3. The molecule has 116 valence electrons. The van der Waals surface area contributed by atoms with Crippen LogP contribution in [0.15, 0.2) is 47.4 Å². The molecule has 1 aliphatic heterocycles. The first kappa shape index (κ1) is 14.7. The van der Waals surface area contributed by atoms with Gasteiger partial charge in [-0.05, 0) is 31.2 Å². The van der Waals surface area contributed by atoms with Gasteiger partial charge in [0.2, 0.25) is 0 Å². The van der Waals surface area contributed by atoms with Crippen LogP contribution in [0.4, 0.5) is 0 Å². The molecular weight excluding hydrogens is 304 g/mol. The molecular formula is C16H16O5S. The van der Waals surface area contributed by atoms with Gasteiger partial charge in [0.15, 0.2) is 11.5 Å². The van der Waals surface area contributed by atoms with E-state index in [0.717, 1.165) is 12.0 Å². The van der Waals surface area contributed by atoms with Gasteiger partial charge in [-0.3, -0.25) is 0 Å². The minimum atomic E-state index is -3.91. The summed E-state index contributed by atoms with van der Waals surface area (Å²) in [4.78, 5) is 0.0392. The average Bonchev–Trinajstić information content (AvgIpc) is 2.74. The van der Waals surface area contributed by atoms with E-state index in [2.05, 4.69) is 0 Å². The summed E-state index contributed by atoms with van der Waals surface area (Å²) in [7, 11) is -3.91. The fourth-order valence-electron chi connectivity index (χ4n) is 2.07. The van der Waals surface area contributed by atoms with Gasteiger partial charge in [-0.25, -0.2) is 0 Å². The molecule has 0 saturated heterocycles. The summed E-state index contributed by atoms with van der Waals surface area (Å²) in [6, 6.07) is 11.3. The molecule has 5 nitrogen and oxygen atoms in total. The van der Waals surface area contributed by atoms with Gasteiger partial charge in [0.25, 0.3) is 0 Å². The summed E-state index contributed by atoms with van der Waals surface area (Å²) in [6.07, 6.45) is 0.761. The van der Waals surface area contributed by atoms with Crippen LogP contribution >= 0.6 is 0 Å². The van der Waals surface area contributed by atoms with Crippen molar-refractivity contribution in [3.05, 3.63) is 48.0 Å². The summed E-state index contributed by atoms with van der Waals surface area (Å²) in [5.74, 6) is 1.25. The Kier molecular flexibility index (Phi) is 3.94. The third kappa shape index (κ3) is 3.17. The SMILES string of the molecule is Cc1ccc(OS(=O)(=O)c2ccc3c(c2)OCCCO3)cc1. The van der Waals surface area contributed by atoms with Crippen LogP contribution in [0.1, 0.15) is 12.0 Å². The highest BCUT2D eigenvalue weighted by Gasteiger charge is 2.20. The van der Waals surface area contributed by atoms with Crippen LogP contribution in [0, 0.1) is 6.92 Å². The van der Waals surface area contributed by atoms with E-state index in [1.54, 1.807) is 30.3 Å². The fraction of sp³-hybridized carbons (Fsp3) is 0.250. The van der Waals surface area contributed by atoms with Gasteiger partial charge in [-0.2, -0.15) is 8.42 Å². The van der Waals surface area contributed by atoms with Gasteiger partial charge in [-0.15, -0.1) is 0 Å². The quantitative estimate of drug-likeness (QED) is 0.814. The number of hydrogen-bond donors (Lipinski definition) is 0. The molecule has 1 heterocycles. The summed E-state index contributed by atoms with van der Waals surface area (Å²) >= 11 is 0. The smallest absolute Gasteiger partial charge is 0.339 e. The Morgan fingerprint density at radius 3 is 2.36 bits per heavy atom. The zero-order valence-corrected chi connectivity index (χ0v) is 12.9. The summed E-state index contributed by atoms with van der Waals surface area (Å²) in [5, 5.41) is 0. The van der Waals surface area contributed by atoms with Crippen LogP contribution in [0.2, 0.25) is 0 Å². The summed E-state index contributed by atoms with van der Waals surface area (Å²) in [6.45, 7) is 2.97. The van der Waals surface area contributed by atoms with Crippen molar-refractivity contribution in [2.45, 2.75) is 18.2 Å². The zero-order chi connectivity index (χ0) is 15.6. The monoisotopic (exact) mass is 320 g/mol. The highest BCUT2D eigenvalue weighted by molar-refractivity contribution is 7.87. The molecule has 0 radical (unpaired) electrons. The molecule has 0 atom stereocenters. The Morgan fingerprint density at radius 1 is 0.955 bits per heavy atom. The van der Waals surface area contributed by atoms with Crippen molar-refractivity contribution < 1.29 is 22.1 Å². The Balaban J connectivity index is 1.88. The first-order valence-electron chi connectivity index (χ1n) is 6.95. The summed E-state index contributed by atoms with van der Waals surface area (Å²) < 4.78 is 40.8. The first-order valence-corrected chi connectivity index (χ1v) is 8.36. The molecule has 0 fully saturated rings. The van der Waals surface area contributed by atoms with E-state index in [1.165, 1.54) is 12.1 Å². The molecule has 0 spiro atoms. The maximum atomic E-state index is 12.3. The topological polar surface area (TPSA) is 61.8 Å². The van der Waals surface area contributed by atoms with Crippen LogP contribution in [0.5, 0.6) is 17.2 Å². The third-order valence-corrected chi connectivity index (χ3v) is 4.48. The molecule has 2 aromatic rings. The van der Waals surface area contributed by atoms with Gasteiger partial charge in [0.1, 0.15) is 10.6 Å². The maximum Gasteiger partial charge on any atom is 0.339 e. The second-order valence-corrected chi connectivity index (χ2v) is 6.56. The molecule has 0 saturated carbocycles. The van der Waals surface area contributed by atoms with Gasteiger partial charge in [0, 0.05) is 12.5 Å². The Labute approximate surface area is 129 Å². The molecule has 2 aromatic carbocycles. The van der Waals surface area contributed by atoms with Crippen molar-refractivity contribution in [3.8, 4) is 17.2 Å². The van der Waals surface area contributed by atoms with E-state index in [-0.39, 0.29) is 10.6 Å². The minimum absolute atomic E-state index is 0.0392. The first-order chi connectivity index (χ1) is 10.5. The van der Waals surface area contributed by atoms with Crippen LogP contribution in [0.3, 0.4) is 0 Å². The molecule has 0 aromatic heterocycles. The predicted octanol–water partition coefficient (Wildman–Crippen LogP) is 2.92. The lowest BCUT2D eigenvalue weighted by Gasteiger charge is -2.11. The van der Waals surface area contributed by atoms with E-state index < -0.39 is 10.1 Å². The van der Waals surface area contributed by atoms with E-state index in [4.69, 9.17) is 13.7 Å².